The van der Waals surface area contributed by atoms with Crippen LogP contribution >= 0.6 is 11.8 Å². The summed E-state index contributed by atoms with van der Waals surface area (Å²) in [5, 5.41) is 9.37. The number of hydrogen-bond donors (Lipinski definition) is 1. The molecule has 1 spiro atoms. The van der Waals surface area contributed by atoms with Gasteiger partial charge in [0.1, 0.15) is 18.2 Å². The van der Waals surface area contributed by atoms with Crippen molar-refractivity contribution in [3.63, 3.8) is 0 Å². The molecule has 1 aromatic rings. The van der Waals surface area contributed by atoms with Gasteiger partial charge in [0.25, 0.3) is 0 Å². The first-order chi connectivity index (χ1) is 13.0. The molecule has 8 heteroatoms. The minimum absolute atomic E-state index is 0.105. The largest absolute Gasteiger partial charge is 0.480 e. The van der Waals surface area contributed by atoms with Crippen molar-refractivity contribution < 1.29 is 24.2 Å². The summed E-state index contributed by atoms with van der Waals surface area (Å²) in [4.78, 5) is 40.7. The molecule has 0 bridgehead atoms. The Morgan fingerprint density at radius 3 is 2.78 bits per heavy atom. The number of thioether (sulfide) groups is 1. The Labute approximate surface area is 161 Å². The highest BCUT2D eigenvalue weighted by Crippen LogP contribution is 2.46. The molecular weight excluding hydrogens is 368 g/mol. The molecule has 1 aromatic carbocycles. The molecule has 3 heterocycles. The van der Waals surface area contributed by atoms with Crippen LogP contribution in [0.3, 0.4) is 0 Å². The lowest BCUT2D eigenvalue weighted by molar-refractivity contribution is -0.157. The van der Waals surface area contributed by atoms with Gasteiger partial charge in [0.15, 0.2) is 0 Å². The highest BCUT2D eigenvalue weighted by Gasteiger charge is 2.59. The van der Waals surface area contributed by atoms with E-state index in [1.165, 1.54) is 21.6 Å². The van der Waals surface area contributed by atoms with Gasteiger partial charge in [0.2, 0.25) is 5.91 Å². The fraction of sp³-hybridized carbons (Fsp3) is 0.526. The molecule has 0 saturated carbocycles. The molecule has 1 N–H and O–H groups in total. The molecule has 3 aliphatic heterocycles. The Morgan fingerprint density at radius 1 is 1.26 bits per heavy atom. The van der Waals surface area contributed by atoms with Crippen molar-refractivity contribution in [2.75, 3.05) is 12.3 Å². The molecule has 0 aliphatic carbocycles. The van der Waals surface area contributed by atoms with E-state index >= 15 is 0 Å². The summed E-state index contributed by atoms with van der Waals surface area (Å²) in [5.74, 6) is -0.808. The predicted molar refractivity (Wildman–Crippen MR) is 99.0 cm³/mol. The molecule has 144 valence electrons. The summed E-state index contributed by atoms with van der Waals surface area (Å²) in [7, 11) is 0. The number of aliphatic carboxylic acids is 1. The first kappa shape index (κ1) is 18.2. The number of ether oxygens (including phenoxy) is 1. The van der Waals surface area contributed by atoms with Crippen LogP contribution in [-0.4, -0.2) is 62.1 Å². The molecule has 2 unspecified atom stereocenters. The number of carbonyl (C=O) groups is 3. The lowest BCUT2D eigenvalue weighted by Gasteiger charge is -2.45. The van der Waals surface area contributed by atoms with E-state index in [0.29, 0.717) is 31.6 Å². The Kier molecular flexibility index (Phi) is 4.75. The van der Waals surface area contributed by atoms with Gasteiger partial charge in [-0.2, -0.15) is 0 Å². The lowest BCUT2D eigenvalue weighted by atomic mass is 9.85. The second-order valence-corrected chi connectivity index (χ2v) is 8.43. The number of piperidine rings is 1. The van der Waals surface area contributed by atoms with Crippen molar-refractivity contribution in [2.24, 2.45) is 0 Å². The van der Waals surface area contributed by atoms with E-state index in [9.17, 15) is 19.5 Å². The number of hydrogen-bond acceptors (Lipinski definition) is 5. The number of benzene rings is 1. The van der Waals surface area contributed by atoms with E-state index < -0.39 is 23.6 Å². The van der Waals surface area contributed by atoms with Gasteiger partial charge in [-0.05, 0) is 31.2 Å². The first-order valence-corrected chi connectivity index (χ1v) is 10.2. The zero-order valence-electron chi connectivity index (χ0n) is 14.9. The Hall–Kier alpha value is -2.22. The Bertz CT molecular complexity index is 758. The van der Waals surface area contributed by atoms with Gasteiger partial charge in [0, 0.05) is 12.3 Å². The van der Waals surface area contributed by atoms with Crippen molar-refractivity contribution in [2.45, 2.75) is 49.2 Å². The maximum absolute atomic E-state index is 13.3. The van der Waals surface area contributed by atoms with Crippen LogP contribution in [0.25, 0.3) is 0 Å². The molecular formula is C19H22N2O5S. The van der Waals surface area contributed by atoms with E-state index in [1.54, 1.807) is 0 Å². The molecule has 4 rings (SSSR count). The van der Waals surface area contributed by atoms with Crippen LogP contribution in [0.2, 0.25) is 0 Å². The monoisotopic (exact) mass is 390 g/mol. The van der Waals surface area contributed by atoms with Crippen molar-refractivity contribution in [3.8, 4) is 0 Å². The van der Waals surface area contributed by atoms with Gasteiger partial charge in [-0.15, -0.1) is 11.8 Å². The number of fused-ring (bicyclic) bond motifs is 1. The Morgan fingerprint density at radius 2 is 2.04 bits per heavy atom. The number of rotatable bonds is 3. The van der Waals surface area contributed by atoms with Crippen LogP contribution < -0.4 is 0 Å². The van der Waals surface area contributed by atoms with Crippen molar-refractivity contribution in [3.05, 3.63) is 35.9 Å². The third-order valence-electron chi connectivity index (χ3n) is 5.73. The summed E-state index contributed by atoms with van der Waals surface area (Å²) in [5.41, 5.74) is -0.0703. The van der Waals surface area contributed by atoms with E-state index in [0.717, 1.165) is 12.0 Å². The molecule has 3 saturated heterocycles. The summed E-state index contributed by atoms with van der Waals surface area (Å²) < 4.78 is 5.47. The maximum Gasteiger partial charge on any atom is 0.411 e. The minimum Gasteiger partial charge on any atom is -0.480 e. The van der Waals surface area contributed by atoms with Gasteiger partial charge >= 0.3 is 12.1 Å². The van der Waals surface area contributed by atoms with Crippen LogP contribution in [0, 0.1) is 0 Å². The van der Waals surface area contributed by atoms with Crippen molar-refractivity contribution in [1.82, 2.24) is 9.80 Å². The molecule has 3 fully saturated rings. The topological polar surface area (TPSA) is 87.1 Å². The van der Waals surface area contributed by atoms with E-state index in [4.69, 9.17) is 4.74 Å². The number of amides is 2. The number of carboxylic acid groups (broad SMARTS) is 1. The van der Waals surface area contributed by atoms with Crippen LogP contribution in [0.5, 0.6) is 0 Å². The van der Waals surface area contributed by atoms with Crippen LogP contribution in [0.1, 0.15) is 31.2 Å². The molecule has 3 aliphatic rings. The third-order valence-corrected chi connectivity index (χ3v) is 7.09. The number of carboxylic acids is 1. The number of carbonyl (C=O) groups excluding carboxylic acids is 2. The number of likely N-dealkylation sites (tertiary alicyclic amines) is 1. The molecule has 7 nitrogen and oxygen atoms in total. The second-order valence-electron chi connectivity index (χ2n) is 7.22. The normalized spacial score (nSPS) is 29.9. The van der Waals surface area contributed by atoms with Gasteiger partial charge in [-0.3, -0.25) is 9.69 Å². The average molecular weight is 390 g/mol. The summed E-state index contributed by atoms with van der Waals surface area (Å²) in [6.45, 7) is 0.614. The van der Waals surface area contributed by atoms with Gasteiger partial charge in [-0.1, -0.05) is 30.3 Å². The minimum atomic E-state index is -0.980. The molecule has 3 atom stereocenters. The quantitative estimate of drug-likeness (QED) is 0.852. The standard InChI is InChI=1S/C19H22N2O5S/c22-16(23)14-12-27-15-7-9-19(17(24)21(14)15)8-4-10-20(19)18(25)26-11-13-5-2-1-3-6-13/h1-3,5-6,14-15H,4,7-12H2,(H,22,23)/t14-,15?,19?/m0/s1. The first-order valence-electron chi connectivity index (χ1n) is 9.18. The average Bonchev–Trinajstić information content (AvgIpc) is 3.29. The van der Waals surface area contributed by atoms with Gasteiger partial charge < -0.3 is 14.7 Å². The SMILES string of the molecule is O=C(O)[C@@H]1CSC2CCC3(CCCN3C(=O)OCc3ccccc3)C(=O)N21. The lowest BCUT2D eigenvalue weighted by Crippen LogP contribution is -2.64. The second kappa shape index (κ2) is 7.07. The summed E-state index contributed by atoms with van der Waals surface area (Å²) in [6, 6.07) is 8.59. The van der Waals surface area contributed by atoms with Crippen LogP contribution in [-0.2, 0) is 20.9 Å². The maximum atomic E-state index is 13.3. The number of nitrogens with zero attached hydrogens (tertiary/aromatic N) is 2. The van der Waals surface area contributed by atoms with Gasteiger partial charge in [-0.25, -0.2) is 9.59 Å². The molecule has 27 heavy (non-hydrogen) atoms. The van der Waals surface area contributed by atoms with Crippen LogP contribution in [0.4, 0.5) is 4.79 Å². The fourth-order valence-electron chi connectivity index (χ4n) is 4.38. The van der Waals surface area contributed by atoms with E-state index in [1.807, 2.05) is 30.3 Å². The van der Waals surface area contributed by atoms with Crippen LogP contribution in [0.15, 0.2) is 30.3 Å². The zero-order chi connectivity index (χ0) is 19.0. The predicted octanol–water partition coefficient (Wildman–Crippen LogP) is 2.31. The smallest absolute Gasteiger partial charge is 0.411 e. The fourth-order valence-corrected chi connectivity index (χ4v) is 5.78. The van der Waals surface area contributed by atoms with Gasteiger partial charge in [0.05, 0.1) is 5.37 Å². The zero-order valence-corrected chi connectivity index (χ0v) is 15.7. The van der Waals surface area contributed by atoms with E-state index in [-0.39, 0.29) is 17.9 Å². The van der Waals surface area contributed by atoms with Crippen molar-refractivity contribution >= 4 is 29.7 Å². The molecule has 2 amide bonds. The highest BCUT2D eigenvalue weighted by molar-refractivity contribution is 8.00. The molecule has 0 radical (unpaired) electrons. The third kappa shape index (κ3) is 3.05. The van der Waals surface area contributed by atoms with E-state index in [2.05, 4.69) is 0 Å². The Balaban J connectivity index is 1.52. The highest BCUT2D eigenvalue weighted by atomic mass is 32.2. The summed E-state index contributed by atoms with van der Waals surface area (Å²) in [6.07, 6.45) is 2.04. The molecule has 0 aromatic heterocycles. The summed E-state index contributed by atoms with van der Waals surface area (Å²) >= 11 is 1.52. The van der Waals surface area contributed by atoms with Crippen molar-refractivity contribution in [1.29, 1.82) is 0 Å².